The number of rotatable bonds is 8. The largest absolute Gasteiger partial charge is 0.505 e. The molecule has 0 aliphatic heterocycles. The molecule has 0 bridgehead atoms. The summed E-state index contributed by atoms with van der Waals surface area (Å²) in [7, 11) is -14.4. The van der Waals surface area contributed by atoms with Crippen LogP contribution in [-0.2, 0) is 35.1 Å². The van der Waals surface area contributed by atoms with Crippen LogP contribution in [0.1, 0.15) is 17.3 Å². The van der Waals surface area contributed by atoms with Crippen LogP contribution < -0.4 is 10.6 Å². The molecule has 0 aromatic heterocycles. The predicted molar refractivity (Wildman–Crippen MR) is 154 cm³/mol. The second-order valence-corrected chi connectivity index (χ2v) is 13.2. The fourth-order valence-corrected chi connectivity index (χ4v) is 5.57. The lowest BCUT2D eigenvalue weighted by molar-refractivity contribution is -0.114. The van der Waals surface area contributed by atoms with E-state index in [-0.39, 0.29) is 38.3 Å². The zero-order valence-corrected chi connectivity index (χ0v) is 24.5. The quantitative estimate of drug-likeness (QED) is 0.116. The van der Waals surface area contributed by atoms with Gasteiger partial charge >= 0.3 is 0 Å². The standard InChI is InChI=1S/C25H20N4O12S3/c1-13(30)26-20-12-19(43(36,37)38)10-15-11-21(44(39,40)41)23(24(31)22(15)20)29-28-17-4-2-14(3-5-17)25(32)27-16-6-8-18(9-7-16)42(33,34)35/h2-12,31H,1H3,(H,26,30)(H,27,32)(H,33,34,35)(H,36,37,38)(H,39,40,41). The van der Waals surface area contributed by atoms with Crippen LogP contribution in [0.3, 0.4) is 0 Å². The molecule has 0 atom stereocenters. The number of nitrogens with zero attached hydrogens (tertiary/aromatic N) is 2. The highest BCUT2D eigenvalue weighted by Crippen LogP contribution is 2.45. The van der Waals surface area contributed by atoms with Crippen molar-refractivity contribution in [1.82, 2.24) is 0 Å². The van der Waals surface area contributed by atoms with Crippen LogP contribution in [0.2, 0.25) is 0 Å². The molecule has 2 amide bonds. The third kappa shape index (κ3) is 7.22. The topological polar surface area (TPSA) is 266 Å². The second-order valence-electron chi connectivity index (χ2n) is 8.97. The number of carbonyl (C=O) groups excluding carboxylic acids is 2. The van der Waals surface area contributed by atoms with Crippen molar-refractivity contribution in [3.63, 3.8) is 0 Å². The minimum atomic E-state index is -5.11. The monoisotopic (exact) mass is 664 g/mol. The Labute approximate surface area is 249 Å². The van der Waals surface area contributed by atoms with Crippen LogP contribution in [0.25, 0.3) is 10.8 Å². The van der Waals surface area contributed by atoms with E-state index in [0.29, 0.717) is 0 Å². The number of azo groups is 1. The van der Waals surface area contributed by atoms with Gasteiger partial charge in [-0.15, -0.1) is 5.11 Å². The SMILES string of the molecule is CC(=O)Nc1cc(S(=O)(=O)O)cc2cc(S(=O)(=O)O)c(N=Nc3ccc(C(=O)Nc4ccc(S(=O)(=O)O)cc4)cc3)c(O)c12. The number of phenolic OH excluding ortho intramolecular Hbond substituents is 1. The van der Waals surface area contributed by atoms with E-state index in [2.05, 4.69) is 20.9 Å². The summed E-state index contributed by atoms with van der Waals surface area (Å²) in [5.74, 6) is -2.23. The Morgan fingerprint density at radius 3 is 1.82 bits per heavy atom. The molecule has 0 heterocycles. The van der Waals surface area contributed by atoms with Gasteiger partial charge in [0.2, 0.25) is 5.91 Å². The lowest BCUT2D eigenvalue weighted by Crippen LogP contribution is -2.11. The number of hydrogen-bond acceptors (Lipinski definition) is 11. The molecule has 0 aliphatic rings. The Kier molecular flexibility index (Phi) is 8.55. The first-order valence-electron chi connectivity index (χ1n) is 11.8. The minimum absolute atomic E-state index is 0.0450. The molecule has 4 aromatic rings. The van der Waals surface area contributed by atoms with Crippen LogP contribution in [0.5, 0.6) is 5.75 Å². The summed E-state index contributed by atoms with van der Waals surface area (Å²) in [4.78, 5) is 22.2. The van der Waals surface area contributed by atoms with Crippen molar-refractivity contribution >= 4 is 75.7 Å². The molecule has 4 rings (SSSR count). The van der Waals surface area contributed by atoms with E-state index in [1.165, 1.54) is 36.4 Å². The first kappa shape index (κ1) is 32.1. The van der Waals surface area contributed by atoms with Gasteiger partial charge in [0.1, 0.15) is 10.6 Å². The molecule has 0 saturated carbocycles. The second kappa shape index (κ2) is 11.7. The van der Waals surface area contributed by atoms with Crippen molar-refractivity contribution in [3.05, 3.63) is 72.3 Å². The Bertz CT molecular complexity index is 2180. The van der Waals surface area contributed by atoms with Crippen molar-refractivity contribution in [2.24, 2.45) is 10.2 Å². The number of carbonyl (C=O) groups is 2. The summed E-state index contributed by atoms with van der Waals surface area (Å²) in [6.07, 6.45) is 0. The third-order valence-corrected chi connectivity index (χ3v) is 8.38. The first-order valence-corrected chi connectivity index (χ1v) is 16.1. The molecule has 0 radical (unpaired) electrons. The summed E-state index contributed by atoms with van der Waals surface area (Å²) in [6, 6.07) is 12.3. The van der Waals surface area contributed by atoms with Gasteiger partial charge in [-0.1, -0.05) is 0 Å². The van der Waals surface area contributed by atoms with Gasteiger partial charge in [0.05, 0.1) is 21.2 Å². The van der Waals surface area contributed by atoms with Crippen LogP contribution in [-0.4, -0.2) is 55.8 Å². The number of amides is 2. The summed E-state index contributed by atoms with van der Waals surface area (Å²) >= 11 is 0. The lowest BCUT2D eigenvalue weighted by atomic mass is 10.1. The Balaban J connectivity index is 1.71. The molecule has 0 unspecified atom stereocenters. The summed E-state index contributed by atoms with van der Waals surface area (Å²) in [5, 5.41) is 22.7. The minimum Gasteiger partial charge on any atom is -0.505 e. The smallest absolute Gasteiger partial charge is 0.296 e. The summed E-state index contributed by atoms with van der Waals surface area (Å²) < 4.78 is 98.4. The number of nitrogens with one attached hydrogen (secondary N) is 2. The third-order valence-electron chi connectivity index (χ3n) is 5.81. The molecular formula is C25H20N4O12S3. The van der Waals surface area contributed by atoms with E-state index >= 15 is 0 Å². The number of fused-ring (bicyclic) bond motifs is 1. The lowest BCUT2D eigenvalue weighted by Gasteiger charge is -2.14. The number of anilines is 2. The Morgan fingerprint density at radius 2 is 1.30 bits per heavy atom. The zero-order valence-electron chi connectivity index (χ0n) is 22.0. The van der Waals surface area contributed by atoms with Crippen LogP contribution in [0.4, 0.5) is 22.7 Å². The first-order chi connectivity index (χ1) is 20.3. The van der Waals surface area contributed by atoms with Gasteiger partial charge in [-0.05, 0) is 72.1 Å². The maximum atomic E-state index is 12.6. The molecule has 0 spiro atoms. The molecule has 230 valence electrons. The Morgan fingerprint density at radius 1 is 0.705 bits per heavy atom. The van der Waals surface area contributed by atoms with E-state index in [0.717, 1.165) is 37.3 Å². The molecule has 16 nitrogen and oxygen atoms in total. The van der Waals surface area contributed by atoms with Gasteiger partial charge in [-0.2, -0.15) is 30.4 Å². The molecule has 0 saturated heterocycles. The van der Waals surface area contributed by atoms with Crippen LogP contribution >= 0.6 is 0 Å². The molecule has 4 aromatic carbocycles. The molecule has 44 heavy (non-hydrogen) atoms. The normalized spacial score (nSPS) is 12.4. The van der Waals surface area contributed by atoms with E-state index in [1.807, 2.05) is 0 Å². The highest BCUT2D eigenvalue weighted by atomic mass is 32.2. The Hall–Kier alpha value is -4.79. The predicted octanol–water partition coefficient (Wildman–Crippen LogP) is 3.91. The number of phenols is 1. The molecule has 0 fully saturated rings. The van der Waals surface area contributed by atoms with E-state index in [1.54, 1.807) is 0 Å². The molecule has 19 heteroatoms. The highest BCUT2D eigenvalue weighted by Gasteiger charge is 2.25. The van der Waals surface area contributed by atoms with E-state index in [9.17, 15) is 49.1 Å². The highest BCUT2D eigenvalue weighted by molar-refractivity contribution is 7.86. The van der Waals surface area contributed by atoms with Crippen molar-refractivity contribution in [3.8, 4) is 5.75 Å². The molecule has 0 aliphatic carbocycles. The van der Waals surface area contributed by atoms with Crippen molar-refractivity contribution in [2.75, 3.05) is 10.6 Å². The zero-order chi connectivity index (χ0) is 32.6. The van der Waals surface area contributed by atoms with Gasteiger partial charge in [0, 0.05) is 23.6 Å². The van der Waals surface area contributed by atoms with E-state index in [4.69, 9.17) is 4.55 Å². The number of aromatic hydroxyl groups is 1. The van der Waals surface area contributed by atoms with Gasteiger partial charge in [-0.3, -0.25) is 23.2 Å². The van der Waals surface area contributed by atoms with Crippen LogP contribution in [0, 0.1) is 0 Å². The number of benzene rings is 4. The fourth-order valence-electron chi connectivity index (χ4n) is 3.89. The van der Waals surface area contributed by atoms with Gasteiger partial charge < -0.3 is 15.7 Å². The molecule has 6 N–H and O–H groups in total. The maximum Gasteiger partial charge on any atom is 0.296 e. The van der Waals surface area contributed by atoms with Crippen molar-refractivity contribution in [1.29, 1.82) is 0 Å². The number of hydrogen-bond donors (Lipinski definition) is 6. The van der Waals surface area contributed by atoms with Gasteiger partial charge in [0.15, 0.2) is 5.75 Å². The molecular weight excluding hydrogens is 644 g/mol. The van der Waals surface area contributed by atoms with Gasteiger partial charge in [-0.25, -0.2) is 0 Å². The van der Waals surface area contributed by atoms with Crippen molar-refractivity contribution < 1.29 is 53.6 Å². The van der Waals surface area contributed by atoms with Crippen molar-refractivity contribution in [2.45, 2.75) is 21.6 Å². The van der Waals surface area contributed by atoms with Crippen LogP contribution in [0.15, 0.2) is 91.6 Å². The fraction of sp³-hybridized carbons (Fsp3) is 0.0400. The summed E-state index contributed by atoms with van der Waals surface area (Å²) in [6.45, 7) is 1.07. The average molecular weight is 665 g/mol. The maximum absolute atomic E-state index is 12.6. The summed E-state index contributed by atoms with van der Waals surface area (Å²) in [5.41, 5.74) is -0.728. The van der Waals surface area contributed by atoms with E-state index < -0.39 is 63.4 Å². The van der Waals surface area contributed by atoms with Gasteiger partial charge in [0.25, 0.3) is 36.3 Å². The average Bonchev–Trinajstić information content (AvgIpc) is 2.91.